The van der Waals surface area contributed by atoms with E-state index in [4.69, 9.17) is 16.7 Å². The van der Waals surface area contributed by atoms with Gasteiger partial charge in [-0.3, -0.25) is 0 Å². The molecule has 1 rings (SSSR count). The molecular formula is C7H13BClNO. The lowest BCUT2D eigenvalue weighted by atomic mass is 10.0. The highest BCUT2D eigenvalue weighted by atomic mass is 35.5. The lowest BCUT2D eigenvalue weighted by molar-refractivity contribution is 0.333. The average Bonchev–Trinajstić information content (AvgIpc) is 2.03. The van der Waals surface area contributed by atoms with Gasteiger partial charge in [0.15, 0.2) is 7.98 Å². The largest absolute Gasteiger partial charge is 0.391 e. The Morgan fingerprint density at radius 2 is 2.45 bits per heavy atom. The van der Waals surface area contributed by atoms with E-state index in [0.29, 0.717) is 5.03 Å². The Morgan fingerprint density at radius 3 is 3.00 bits per heavy atom. The summed E-state index contributed by atoms with van der Waals surface area (Å²) < 4.78 is 0. The van der Waals surface area contributed by atoms with Crippen LogP contribution in [0.1, 0.15) is 12.8 Å². The van der Waals surface area contributed by atoms with E-state index in [1.165, 1.54) is 5.57 Å². The number of piperidine rings is 1. The first kappa shape index (κ1) is 9.11. The maximum atomic E-state index is 8.76. The fourth-order valence-corrected chi connectivity index (χ4v) is 1.53. The molecule has 0 aromatic carbocycles. The summed E-state index contributed by atoms with van der Waals surface area (Å²) in [6.07, 6.45) is 2.20. The first-order valence-corrected chi connectivity index (χ1v) is 4.27. The van der Waals surface area contributed by atoms with Crippen molar-refractivity contribution in [2.75, 3.05) is 19.7 Å². The second kappa shape index (κ2) is 4.14. The van der Waals surface area contributed by atoms with Gasteiger partial charge in [-0.1, -0.05) is 11.6 Å². The zero-order chi connectivity index (χ0) is 8.27. The van der Waals surface area contributed by atoms with E-state index >= 15 is 0 Å². The first-order chi connectivity index (χ1) is 5.24. The SMILES string of the molecule is BN1CCC/C(=C(\Cl)CO)C1. The molecule has 1 aliphatic rings. The Hall–Kier alpha value is 0.0149. The molecule has 0 spiro atoms. The van der Waals surface area contributed by atoms with Crippen molar-refractivity contribution in [1.82, 2.24) is 4.81 Å². The second-order valence-corrected chi connectivity index (χ2v) is 3.46. The third-order valence-electron chi connectivity index (χ3n) is 2.00. The highest BCUT2D eigenvalue weighted by molar-refractivity contribution is 6.30. The van der Waals surface area contributed by atoms with E-state index in [1.54, 1.807) is 0 Å². The number of halogens is 1. The van der Waals surface area contributed by atoms with E-state index < -0.39 is 0 Å². The molecule has 0 atom stereocenters. The van der Waals surface area contributed by atoms with Crippen LogP contribution in [0.2, 0.25) is 0 Å². The molecule has 1 heterocycles. The fourth-order valence-electron chi connectivity index (χ4n) is 1.38. The van der Waals surface area contributed by atoms with Gasteiger partial charge in [0.05, 0.1) is 6.61 Å². The van der Waals surface area contributed by atoms with Crippen LogP contribution in [-0.4, -0.2) is 37.6 Å². The van der Waals surface area contributed by atoms with Crippen LogP contribution in [0.4, 0.5) is 0 Å². The third-order valence-corrected chi connectivity index (χ3v) is 2.39. The van der Waals surface area contributed by atoms with Gasteiger partial charge < -0.3 is 9.92 Å². The second-order valence-electron chi connectivity index (χ2n) is 3.01. The minimum Gasteiger partial charge on any atom is -0.391 e. The Labute approximate surface area is 73.3 Å². The van der Waals surface area contributed by atoms with Gasteiger partial charge in [0.1, 0.15) is 0 Å². The summed E-state index contributed by atoms with van der Waals surface area (Å²) in [6.45, 7) is 2.04. The number of rotatable bonds is 1. The molecule has 62 valence electrons. The minimum atomic E-state index is -0.00920. The highest BCUT2D eigenvalue weighted by Crippen LogP contribution is 2.19. The van der Waals surface area contributed by atoms with Gasteiger partial charge in [0.2, 0.25) is 0 Å². The molecule has 0 saturated carbocycles. The van der Waals surface area contributed by atoms with Gasteiger partial charge in [-0.05, 0) is 25.0 Å². The van der Waals surface area contributed by atoms with Crippen molar-refractivity contribution >= 4 is 19.6 Å². The summed E-state index contributed by atoms with van der Waals surface area (Å²) in [6, 6.07) is 0. The Bertz CT molecular complexity index is 172. The smallest absolute Gasteiger partial charge is 0.185 e. The summed E-state index contributed by atoms with van der Waals surface area (Å²) in [7, 11) is 2.07. The molecule has 0 bridgehead atoms. The predicted octanol–water partition coefficient (Wildman–Crippen LogP) is 0.115. The molecular weight excluding hydrogens is 160 g/mol. The summed E-state index contributed by atoms with van der Waals surface area (Å²) in [4.78, 5) is 2.22. The zero-order valence-corrected chi connectivity index (χ0v) is 7.56. The maximum absolute atomic E-state index is 8.76. The van der Waals surface area contributed by atoms with E-state index in [0.717, 1.165) is 25.9 Å². The fraction of sp³-hybridized carbons (Fsp3) is 0.714. The Morgan fingerprint density at radius 1 is 1.73 bits per heavy atom. The molecule has 1 aliphatic heterocycles. The predicted molar refractivity (Wildman–Crippen MR) is 49.3 cm³/mol. The van der Waals surface area contributed by atoms with E-state index in [2.05, 4.69) is 12.8 Å². The average molecular weight is 173 g/mol. The van der Waals surface area contributed by atoms with Crippen molar-refractivity contribution in [3.63, 3.8) is 0 Å². The van der Waals surface area contributed by atoms with Crippen LogP contribution in [-0.2, 0) is 0 Å². The lowest BCUT2D eigenvalue weighted by Gasteiger charge is -2.25. The molecule has 0 radical (unpaired) electrons. The van der Waals surface area contributed by atoms with Crippen molar-refractivity contribution in [3.8, 4) is 0 Å². The molecule has 1 fully saturated rings. The summed E-state index contributed by atoms with van der Waals surface area (Å²) in [5.74, 6) is 0. The summed E-state index contributed by atoms with van der Waals surface area (Å²) in [5.41, 5.74) is 1.20. The molecule has 0 aromatic heterocycles. The number of aliphatic hydroxyl groups is 1. The monoisotopic (exact) mass is 173 g/mol. The number of nitrogens with zero attached hydrogens (tertiary/aromatic N) is 1. The van der Waals surface area contributed by atoms with Gasteiger partial charge in [-0.15, -0.1) is 0 Å². The van der Waals surface area contributed by atoms with Crippen LogP contribution < -0.4 is 0 Å². The quantitative estimate of drug-likeness (QED) is 0.569. The van der Waals surface area contributed by atoms with Gasteiger partial charge >= 0.3 is 0 Å². The van der Waals surface area contributed by atoms with E-state index in [9.17, 15) is 0 Å². The van der Waals surface area contributed by atoms with Crippen LogP contribution >= 0.6 is 11.6 Å². The molecule has 4 heteroatoms. The lowest BCUT2D eigenvalue weighted by Crippen LogP contribution is -2.29. The summed E-state index contributed by atoms with van der Waals surface area (Å²) in [5, 5.41) is 9.40. The van der Waals surface area contributed by atoms with Crippen molar-refractivity contribution in [1.29, 1.82) is 0 Å². The minimum absolute atomic E-state index is 0.00920. The van der Waals surface area contributed by atoms with Crippen molar-refractivity contribution in [3.05, 3.63) is 10.6 Å². The van der Waals surface area contributed by atoms with Crippen LogP contribution in [0, 0.1) is 0 Å². The van der Waals surface area contributed by atoms with Gasteiger partial charge in [-0.25, -0.2) is 0 Å². The van der Waals surface area contributed by atoms with Gasteiger partial charge in [-0.2, -0.15) is 0 Å². The van der Waals surface area contributed by atoms with Crippen LogP contribution in [0.25, 0.3) is 0 Å². The molecule has 1 saturated heterocycles. The molecule has 2 nitrogen and oxygen atoms in total. The Balaban J connectivity index is 2.58. The van der Waals surface area contributed by atoms with Gasteiger partial charge in [0.25, 0.3) is 0 Å². The standard InChI is InChI=1S/C7H13BClNO/c8-10-3-1-2-6(4-10)7(9)5-11/h11H,1-5,8H2/b7-6+. The van der Waals surface area contributed by atoms with Crippen LogP contribution in [0.3, 0.4) is 0 Å². The Kier molecular flexibility index (Phi) is 3.43. The molecule has 0 aromatic rings. The van der Waals surface area contributed by atoms with Crippen LogP contribution in [0.15, 0.2) is 10.6 Å². The summed E-state index contributed by atoms with van der Waals surface area (Å²) >= 11 is 5.81. The van der Waals surface area contributed by atoms with E-state index in [1.807, 2.05) is 0 Å². The van der Waals surface area contributed by atoms with Gasteiger partial charge in [0, 0.05) is 11.6 Å². The normalized spacial score (nSPS) is 25.3. The van der Waals surface area contributed by atoms with Crippen molar-refractivity contribution in [2.24, 2.45) is 0 Å². The first-order valence-electron chi connectivity index (χ1n) is 3.90. The number of hydrogen-bond donors (Lipinski definition) is 1. The van der Waals surface area contributed by atoms with Crippen LogP contribution in [0.5, 0.6) is 0 Å². The molecule has 11 heavy (non-hydrogen) atoms. The number of aliphatic hydroxyl groups excluding tert-OH is 1. The molecule has 0 unspecified atom stereocenters. The maximum Gasteiger partial charge on any atom is 0.185 e. The van der Waals surface area contributed by atoms with Crippen molar-refractivity contribution < 1.29 is 5.11 Å². The molecule has 0 amide bonds. The molecule has 1 N–H and O–H groups in total. The van der Waals surface area contributed by atoms with Crippen molar-refractivity contribution in [2.45, 2.75) is 12.8 Å². The molecule has 0 aliphatic carbocycles. The zero-order valence-electron chi connectivity index (χ0n) is 6.81. The van der Waals surface area contributed by atoms with E-state index in [-0.39, 0.29) is 6.61 Å². The number of hydrogen-bond acceptors (Lipinski definition) is 2. The highest BCUT2D eigenvalue weighted by Gasteiger charge is 2.12. The third kappa shape index (κ3) is 2.51. The topological polar surface area (TPSA) is 23.5 Å².